The van der Waals surface area contributed by atoms with E-state index in [9.17, 15) is 28.2 Å². The fourth-order valence-electron chi connectivity index (χ4n) is 7.43. The minimum atomic E-state index is -3.80. The Bertz CT molecular complexity index is 908. The molecule has 0 amide bonds. The SMILES string of the molecule is CC12CCC(=O)C=C1CCC1C2C(O)CC2(C)C1CCC2(O)C(=O)COS(C)(=O)=O. The van der Waals surface area contributed by atoms with Gasteiger partial charge in [-0.2, -0.15) is 8.42 Å². The third-order valence-electron chi connectivity index (χ3n) is 8.91. The molecule has 7 nitrogen and oxygen atoms in total. The van der Waals surface area contributed by atoms with Crippen molar-refractivity contribution in [2.45, 2.75) is 70.5 Å². The third kappa shape index (κ3) is 3.14. The zero-order chi connectivity index (χ0) is 22.1. The lowest BCUT2D eigenvalue weighted by molar-refractivity contribution is -0.181. The van der Waals surface area contributed by atoms with Crippen molar-refractivity contribution in [2.24, 2.45) is 28.6 Å². The van der Waals surface area contributed by atoms with Gasteiger partial charge in [0.2, 0.25) is 0 Å². The maximum absolute atomic E-state index is 12.9. The van der Waals surface area contributed by atoms with E-state index in [1.54, 1.807) is 6.08 Å². The first kappa shape index (κ1) is 22.1. The number of aliphatic hydroxyl groups excluding tert-OH is 1. The maximum atomic E-state index is 12.9. The van der Waals surface area contributed by atoms with Gasteiger partial charge in [-0.05, 0) is 67.8 Å². The van der Waals surface area contributed by atoms with Crippen LogP contribution >= 0.6 is 0 Å². The quantitative estimate of drug-likeness (QED) is 0.640. The standard InChI is InChI=1S/C22H32O7S/c1-20-8-6-14(23)10-13(20)4-5-15-16-7-9-22(26,18(25)12-29-30(3,27)28)21(16,2)11-17(24)19(15)20/h10,15-17,19,24,26H,4-9,11-12H2,1-3H3. The molecule has 0 heterocycles. The highest BCUT2D eigenvalue weighted by Gasteiger charge is 2.68. The minimum Gasteiger partial charge on any atom is -0.393 e. The summed E-state index contributed by atoms with van der Waals surface area (Å²) in [6.07, 6.45) is 5.95. The van der Waals surface area contributed by atoms with Crippen LogP contribution in [0.25, 0.3) is 0 Å². The summed E-state index contributed by atoms with van der Waals surface area (Å²) in [5.41, 5.74) is -1.66. The predicted molar refractivity (Wildman–Crippen MR) is 109 cm³/mol. The predicted octanol–water partition coefficient (Wildman–Crippen LogP) is 1.77. The summed E-state index contributed by atoms with van der Waals surface area (Å²) in [4.78, 5) is 24.9. The monoisotopic (exact) mass is 440 g/mol. The smallest absolute Gasteiger partial charge is 0.264 e. The van der Waals surface area contributed by atoms with E-state index in [-0.39, 0.29) is 41.8 Å². The van der Waals surface area contributed by atoms with Crippen LogP contribution in [0.4, 0.5) is 0 Å². The van der Waals surface area contributed by atoms with Gasteiger partial charge in [0.1, 0.15) is 12.2 Å². The molecule has 168 valence electrons. The Labute approximate surface area is 178 Å². The number of carbonyl (C=O) groups excluding carboxylic acids is 2. The molecule has 3 fully saturated rings. The zero-order valence-corrected chi connectivity index (χ0v) is 18.7. The first-order valence-electron chi connectivity index (χ1n) is 10.8. The maximum Gasteiger partial charge on any atom is 0.264 e. The van der Waals surface area contributed by atoms with Gasteiger partial charge in [0, 0.05) is 11.8 Å². The van der Waals surface area contributed by atoms with E-state index in [0.717, 1.165) is 31.1 Å². The molecule has 4 aliphatic rings. The van der Waals surface area contributed by atoms with Crippen molar-refractivity contribution in [3.8, 4) is 0 Å². The van der Waals surface area contributed by atoms with Crippen LogP contribution in [0.5, 0.6) is 0 Å². The van der Waals surface area contributed by atoms with Crippen LogP contribution in [0.15, 0.2) is 11.6 Å². The molecule has 3 saturated carbocycles. The van der Waals surface area contributed by atoms with Crippen LogP contribution in [0.1, 0.15) is 58.8 Å². The van der Waals surface area contributed by atoms with E-state index < -0.39 is 39.6 Å². The van der Waals surface area contributed by atoms with E-state index >= 15 is 0 Å². The van der Waals surface area contributed by atoms with E-state index in [1.807, 2.05) is 6.92 Å². The summed E-state index contributed by atoms with van der Waals surface area (Å²) >= 11 is 0. The van der Waals surface area contributed by atoms with Crippen molar-refractivity contribution >= 4 is 21.7 Å². The topological polar surface area (TPSA) is 118 Å². The van der Waals surface area contributed by atoms with Crippen molar-refractivity contribution < 1.29 is 32.4 Å². The highest BCUT2D eigenvalue weighted by atomic mass is 32.2. The van der Waals surface area contributed by atoms with Gasteiger partial charge in [0.25, 0.3) is 10.1 Å². The van der Waals surface area contributed by atoms with Crippen LogP contribution < -0.4 is 0 Å². The van der Waals surface area contributed by atoms with Gasteiger partial charge in [-0.1, -0.05) is 19.4 Å². The molecule has 2 N–H and O–H groups in total. The van der Waals surface area contributed by atoms with Crippen LogP contribution in [0.3, 0.4) is 0 Å². The number of allylic oxidation sites excluding steroid dienone is 1. The summed E-state index contributed by atoms with van der Waals surface area (Å²) < 4.78 is 27.3. The van der Waals surface area contributed by atoms with Gasteiger partial charge in [-0.3, -0.25) is 13.8 Å². The summed E-state index contributed by atoms with van der Waals surface area (Å²) in [6.45, 7) is 3.33. The fraction of sp³-hybridized carbons (Fsp3) is 0.818. The molecular weight excluding hydrogens is 408 g/mol. The average Bonchev–Trinajstić information content (AvgIpc) is 2.91. The molecule has 8 heteroatoms. The average molecular weight is 441 g/mol. The molecule has 0 radical (unpaired) electrons. The summed E-state index contributed by atoms with van der Waals surface area (Å²) in [6, 6.07) is 0. The fourth-order valence-corrected chi connectivity index (χ4v) is 7.75. The number of ketones is 2. The van der Waals surface area contributed by atoms with E-state index in [0.29, 0.717) is 12.8 Å². The molecule has 0 aliphatic heterocycles. The van der Waals surface area contributed by atoms with E-state index in [2.05, 4.69) is 11.1 Å². The molecule has 4 rings (SSSR count). The molecule has 0 saturated heterocycles. The molecule has 0 aromatic heterocycles. The number of Topliss-reactive ketones (excluding diaryl/α,β-unsaturated/α-hetero) is 1. The molecule has 4 aliphatic carbocycles. The number of rotatable bonds is 4. The van der Waals surface area contributed by atoms with Crippen LogP contribution in [0, 0.1) is 28.6 Å². The Balaban J connectivity index is 1.65. The number of fused-ring (bicyclic) bond motifs is 5. The molecule has 0 bridgehead atoms. The normalized spacial score (nSPS) is 45.9. The molecule has 0 aromatic carbocycles. The minimum absolute atomic E-state index is 0.00611. The Morgan fingerprint density at radius 1 is 1.23 bits per heavy atom. The van der Waals surface area contributed by atoms with Crippen molar-refractivity contribution in [3.05, 3.63) is 11.6 Å². The zero-order valence-electron chi connectivity index (χ0n) is 17.9. The second-order valence-corrected chi connectivity index (χ2v) is 12.0. The van der Waals surface area contributed by atoms with Crippen molar-refractivity contribution in [3.63, 3.8) is 0 Å². The molecule has 7 atom stereocenters. The lowest BCUT2D eigenvalue weighted by atomic mass is 9.45. The van der Waals surface area contributed by atoms with Gasteiger partial charge < -0.3 is 10.2 Å². The van der Waals surface area contributed by atoms with Gasteiger partial charge >= 0.3 is 0 Å². The largest absolute Gasteiger partial charge is 0.393 e. The van der Waals surface area contributed by atoms with Crippen molar-refractivity contribution in [1.29, 1.82) is 0 Å². The molecule has 30 heavy (non-hydrogen) atoms. The highest BCUT2D eigenvalue weighted by molar-refractivity contribution is 7.86. The summed E-state index contributed by atoms with van der Waals surface area (Å²) in [5, 5.41) is 22.8. The Morgan fingerprint density at radius 3 is 2.60 bits per heavy atom. The lowest BCUT2D eigenvalue weighted by Gasteiger charge is -2.60. The van der Waals surface area contributed by atoms with Crippen molar-refractivity contribution in [2.75, 3.05) is 12.9 Å². The van der Waals surface area contributed by atoms with E-state index in [4.69, 9.17) is 0 Å². The molecule has 0 aromatic rings. The Morgan fingerprint density at radius 2 is 1.93 bits per heavy atom. The van der Waals surface area contributed by atoms with Gasteiger partial charge in [-0.25, -0.2) is 0 Å². The Kier molecular flexibility index (Phi) is 5.13. The highest BCUT2D eigenvalue weighted by Crippen LogP contribution is 2.67. The van der Waals surface area contributed by atoms with Crippen LogP contribution in [-0.2, 0) is 23.9 Å². The Hall–Kier alpha value is -1.09. The molecule has 0 spiro atoms. The second-order valence-electron chi connectivity index (χ2n) is 10.4. The van der Waals surface area contributed by atoms with Gasteiger partial charge in [0.05, 0.1) is 12.4 Å². The second kappa shape index (κ2) is 6.95. The summed E-state index contributed by atoms with van der Waals surface area (Å²) in [7, 11) is -3.80. The van der Waals surface area contributed by atoms with Crippen LogP contribution in [0.2, 0.25) is 0 Å². The lowest BCUT2D eigenvalue weighted by Crippen LogP contribution is -2.62. The third-order valence-corrected chi connectivity index (χ3v) is 9.46. The first-order chi connectivity index (χ1) is 13.8. The van der Waals surface area contributed by atoms with E-state index in [1.165, 1.54) is 0 Å². The number of aliphatic hydroxyl groups is 2. The van der Waals surface area contributed by atoms with Crippen molar-refractivity contribution in [1.82, 2.24) is 0 Å². The first-order valence-corrected chi connectivity index (χ1v) is 12.7. The van der Waals surface area contributed by atoms with Gasteiger partial charge in [0.15, 0.2) is 11.6 Å². The number of hydrogen-bond acceptors (Lipinski definition) is 7. The van der Waals surface area contributed by atoms with Crippen LogP contribution in [-0.4, -0.2) is 54.8 Å². The molecular formula is C22H32O7S. The number of carbonyl (C=O) groups is 2. The molecule has 7 unspecified atom stereocenters. The summed E-state index contributed by atoms with van der Waals surface area (Å²) in [5.74, 6) is -0.286. The number of hydrogen-bond donors (Lipinski definition) is 2. The van der Waals surface area contributed by atoms with Gasteiger partial charge in [-0.15, -0.1) is 0 Å².